The SMILES string of the molecule is O=C(O)c1nc(OC2CCCCCC2)ccc1Cl. The zero-order chi connectivity index (χ0) is 13.0. The first kappa shape index (κ1) is 13.1. The second-order valence-electron chi connectivity index (χ2n) is 4.52. The van der Waals surface area contributed by atoms with Crippen molar-refractivity contribution in [3.05, 3.63) is 22.8 Å². The molecule has 1 aliphatic rings. The van der Waals surface area contributed by atoms with Crippen molar-refractivity contribution in [1.82, 2.24) is 4.98 Å². The molecule has 0 aliphatic heterocycles. The fourth-order valence-electron chi connectivity index (χ4n) is 2.17. The Morgan fingerprint density at radius 1 is 1.28 bits per heavy atom. The van der Waals surface area contributed by atoms with Crippen LogP contribution in [0, 0.1) is 0 Å². The van der Waals surface area contributed by atoms with Crippen molar-refractivity contribution in [1.29, 1.82) is 0 Å². The van der Waals surface area contributed by atoms with E-state index in [0.717, 1.165) is 25.7 Å². The lowest BCUT2D eigenvalue weighted by atomic mass is 10.1. The van der Waals surface area contributed by atoms with Gasteiger partial charge in [0.05, 0.1) is 5.02 Å². The second-order valence-corrected chi connectivity index (χ2v) is 4.92. The van der Waals surface area contributed by atoms with E-state index in [4.69, 9.17) is 21.4 Å². The molecule has 0 atom stereocenters. The molecule has 0 radical (unpaired) electrons. The molecule has 1 fully saturated rings. The van der Waals surface area contributed by atoms with E-state index in [1.54, 1.807) is 6.07 Å². The fourth-order valence-corrected chi connectivity index (χ4v) is 2.36. The fraction of sp³-hybridized carbons (Fsp3) is 0.538. The third-order valence-electron chi connectivity index (χ3n) is 3.11. The van der Waals surface area contributed by atoms with Crippen LogP contribution in [0.25, 0.3) is 0 Å². The van der Waals surface area contributed by atoms with Gasteiger partial charge in [0.2, 0.25) is 5.88 Å². The summed E-state index contributed by atoms with van der Waals surface area (Å²) >= 11 is 5.76. The van der Waals surface area contributed by atoms with Gasteiger partial charge < -0.3 is 9.84 Å². The van der Waals surface area contributed by atoms with E-state index in [1.807, 2.05) is 0 Å². The molecule has 4 nitrogen and oxygen atoms in total. The first-order valence-corrected chi connectivity index (χ1v) is 6.61. The van der Waals surface area contributed by atoms with Crippen LogP contribution in [-0.4, -0.2) is 22.2 Å². The van der Waals surface area contributed by atoms with Gasteiger partial charge in [-0.15, -0.1) is 0 Å². The van der Waals surface area contributed by atoms with Gasteiger partial charge in [-0.2, -0.15) is 0 Å². The highest BCUT2D eigenvalue weighted by Crippen LogP contribution is 2.23. The molecule has 1 N–H and O–H groups in total. The summed E-state index contributed by atoms with van der Waals surface area (Å²) in [7, 11) is 0. The minimum absolute atomic E-state index is 0.135. The van der Waals surface area contributed by atoms with Crippen LogP contribution in [0.1, 0.15) is 49.0 Å². The van der Waals surface area contributed by atoms with Gasteiger partial charge >= 0.3 is 5.97 Å². The van der Waals surface area contributed by atoms with Crippen molar-refractivity contribution >= 4 is 17.6 Å². The van der Waals surface area contributed by atoms with E-state index in [-0.39, 0.29) is 16.8 Å². The minimum atomic E-state index is -1.13. The predicted molar refractivity (Wildman–Crippen MR) is 68.3 cm³/mol. The summed E-state index contributed by atoms with van der Waals surface area (Å²) in [6.45, 7) is 0. The molecule has 1 heterocycles. The Kier molecular flexibility index (Phi) is 4.42. The summed E-state index contributed by atoms with van der Waals surface area (Å²) in [5.41, 5.74) is -0.150. The average molecular weight is 270 g/mol. The van der Waals surface area contributed by atoms with Crippen LogP contribution in [0.3, 0.4) is 0 Å². The second kappa shape index (κ2) is 6.05. The molecule has 1 saturated carbocycles. The Morgan fingerprint density at radius 2 is 1.94 bits per heavy atom. The normalized spacial score (nSPS) is 17.2. The molecule has 98 valence electrons. The molecule has 0 aromatic carbocycles. The summed E-state index contributed by atoms with van der Waals surface area (Å²) in [4.78, 5) is 14.9. The lowest BCUT2D eigenvalue weighted by Gasteiger charge is -2.16. The van der Waals surface area contributed by atoms with Gasteiger partial charge in [-0.3, -0.25) is 0 Å². The first-order valence-electron chi connectivity index (χ1n) is 6.23. The van der Waals surface area contributed by atoms with E-state index in [2.05, 4.69) is 4.98 Å². The number of carboxylic acids is 1. The highest BCUT2D eigenvalue weighted by atomic mass is 35.5. The number of rotatable bonds is 3. The van der Waals surface area contributed by atoms with E-state index in [1.165, 1.54) is 18.9 Å². The molecule has 0 spiro atoms. The topological polar surface area (TPSA) is 59.4 Å². The van der Waals surface area contributed by atoms with Gasteiger partial charge in [0, 0.05) is 6.07 Å². The molecular weight excluding hydrogens is 254 g/mol. The van der Waals surface area contributed by atoms with Gasteiger partial charge in [-0.05, 0) is 31.7 Å². The monoisotopic (exact) mass is 269 g/mol. The maximum absolute atomic E-state index is 10.9. The van der Waals surface area contributed by atoms with Crippen molar-refractivity contribution in [3.8, 4) is 5.88 Å². The molecule has 1 aromatic rings. The summed E-state index contributed by atoms with van der Waals surface area (Å²) in [6.07, 6.45) is 6.96. The van der Waals surface area contributed by atoms with Crippen molar-refractivity contribution in [3.63, 3.8) is 0 Å². The molecule has 0 amide bonds. The maximum Gasteiger partial charge on any atom is 0.356 e. The Morgan fingerprint density at radius 3 is 2.56 bits per heavy atom. The predicted octanol–water partition coefficient (Wildman–Crippen LogP) is 3.53. The number of aromatic nitrogens is 1. The molecular formula is C13H16ClNO3. The number of hydrogen-bond acceptors (Lipinski definition) is 3. The zero-order valence-corrected chi connectivity index (χ0v) is 10.8. The van der Waals surface area contributed by atoms with Crippen LogP contribution in [-0.2, 0) is 0 Å². The number of carbonyl (C=O) groups is 1. The number of aromatic carboxylic acids is 1. The minimum Gasteiger partial charge on any atom is -0.476 e. The summed E-state index contributed by atoms with van der Waals surface area (Å²) in [5, 5.41) is 9.07. The van der Waals surface area contributed by atoms with Crippen LogP contribution < -0.4 is 4.74 Å². The Labute approximate surface area is 111 Å². The number of hydrogen-bond donors (Lipinski definition) is 1. The lowest BCUT2D eigenvalue weighted by Crippen LogP contribution is -2.16. The van der Waals surface area contributed by atoms with Crippen molar-refractivity contribution < 1.29 is 14.6 Å². The van der Waals surface area contributed by atoms with Crippen LogP contribution in [0.15, 0.2) is 12.1 Å². The van der Waals surface area contributed by atoms with Gasteiger partial charge in [-0.1, -0.05) is 24.4 Å². The number of ether oxygens (including phenoxy) is 1. The quantitative estimate of drug-likeness (QED) is 0.853. The maximum atomic E-state index is 10.9. The molecule has 18 heavy (non-hydrogen) atoms. The van der Waals surface area contributed by atoms with E-state index in [9.17, 15) is 4.79 Å². The third kappa shape index (κ3) is 3.35. The summed E-state index contributed by atoms with van der Waals surface area (Å²) in [5.74, 6) is -0.782. The van der Waals surface area contributed by atoms with Gasteiger partial charge in [0.15, 0.2) is 5.69 Å². The van der Waals surface area contributed by atoms with Crippen LogP contribution >= 0.6 is 11.6 Å². The number of nitrogens with zero attached hydrogens (tertiary/aromatic N) is 1. The molecule has 1 aromatic heterocycles. The number of pyridine rings is 1. The largest absolute Gasteiger partial charge is 0.476 e. The Bertz CT molecular complexity index is 428. The lowest BCUT2D eigenvalue weighted by molar-refractivity contribution is 0.0688. The third-order valence-corrected chi connectivity index (χ3v) is 3.42. The number of carboxylic acid groups (broad SMARTS) is 1. The zero-order valence-electron chi connectivity index (χ0n) is 10.1. The smallest absolute Gasteiger partial charge is 0.356 e. The molecule has 0 bridgehead atoms. The summed E-state index contributed by atoms with van der Waals surface area (Å²) < 4.78 is 5.75. The first-order chi connectivity index (χ1) is 8.66. The Balaban J connectivity index is 2.08. The number of halogens is 1. The van der Waals surface area contributed by atoms with Crippen LogP contribution in [0.4, 0.5) is 0 Å². The average Bonchev–Trinajstić information content (AvgIpc) is 2.60. The van der Waals surface area contributed by atoms with Crippen LogP contribution in [0.2, 0.25) is 5.02 Å². The molecule has 0 saturated heterocycles. The molecule has 0 unspecified atom stereocenters. The van der Waals surface area contributed by atoms with Crippen LogP contribution in [0.5, 0.6) is 5.88 Å². The Hall–Kier alpha value is -1.29. The van der Waals surface area contributed by atoms with Gasteiger partial charge in [-0.25, -0.2) is 9.78 Å². The molecule has 2 rings (SSSR count). The van der Waals surface area contributed by atoms with E-state index >= 15 is 0 Å². The van der Waals surface area contributed by atoms with Crippen molar-refractivity contribution in [2.24, 2.45) is 0 Å². The van der Waals surface area contributed by atoms with E-state index in [0.29, 0.717) is 5.88 Å². The highest BCUT2D eigenvalue weighted by Gasteiger charge is 2.17. The van der Waals surface area contributed by atoms with Crippen molar-refractivity contribution in [2.45, 2.75) is 44.6 Å². The standard InChI is InChI=1S/C13H16ClNO3/c14-10-7-8-11(15-12(10)13(16)17)18-9-5-3-1-2-4-6-9/h7-9H,1-6H2,(H,16,17). The van der Waals surface area contributed by atoms with Crippen molar-refractivity contribution in [2.75, 3.05) is 0 Å². The molecule has 1 aliphatic carbocycles. The molecule has 5 heteroatoms. The van der Waals surface area contributed by atoms with Gasteiger partial charge in [0.25, 0.3) is 0 Å². The highest BCUT2D eigenvalue weighted by molar-refractivity contribution is 6.33. The van der Waals surface area contributed by atoms with Gasteiger partial charge in [0.1, 0.15) is 6.10 Å². The summed E-state index contributed by atoms with van der Waals surface area (Å²) in [6, 6.07) is 3.14. The van der Waals surface area contributed by atoms with E-state index < -0.39 is 5.97 Å².